The van der Waals surface area contributed by atoms with Gasteiger partial charge in [0.25, 0.3) is 0 Å². The Bertz CT molecular complexity index is 714. The van der Waals surface area contributed by atoms with Crippen LogP contribution in [0.5, 0.6) is 5.75 Å². The molecule has 0 radical (unpaired) electrons. The molecular formula is C18H21N3O3. The van der Waals surface area contributed by atoms with Gasteiger partial charge in [-0.3, -0.25) is 9.59 Å². The Labute approximate surface area is 141 Å². The first kappa shape index (κ1) is 17.5. The number of anilines is 1. The van der Waals surface area contributed by atoms with Crippen LogP contribution in [0, 0.1) is 6.92 Å². The highest BCUT2D eigenvalue weighted by atomic mass is 16.5. The number of pyridine rings is 1. The number of aryl methyl sites for hydroxylation is 1. The molecule has 2 amide bonds. The molecule has 0 saturated carbocycles. The third-order valence-electron chi connectivity index (χ3n) is 3.44. The molecule has 1 atom stereocenters. The van der Waals surface area contributed by atoms with Gasteiger partial charge in [-0.2, -0.15) is 0 Å². The number of nitrogens with one attached hydrogen (secondary N) is 2. The van der Waals surface area contributed by atoms with Gasteiger partial charge in [-0.1, -0.05) is 18.2 Å². The molecule has 0 spiro atoms. The summed E-state index contributed by atoms with van der Waals surface area (Å²) in [5.41, 5.74) is 1.65. The zero-order chi connectivity index (χ0) is 17.5. The van der Waals surface area contributed by atoms with Gasteiger partial charge in [0.2, 0.25) is 11.8 Å². The van der Waals surface area contributed by atoms with Crippen LogP contribution in [0.3, 0.4) is 0 Å². The van der Waals surface area contributed by atoms with E-state index >= 15 is 0 Å². The van der Waals surface area contributed by atoms with E-state index in [0.29, 0.717) is 11.6 Å². The maximum Gasteiger partial charge on any atom is 0.227 e. The second kappa shape index (κ2) is 8.10. The van der Waals surface area contributed by atoms with E-state index in [9.17, 15) is 9.59 Å². The Morgan fingerprint density at radius 2 is 1.88 bits per heavy atom. The molecule has 126 valence electrons. The third kappa shape index (κ3) is 5.08. The van der Waals surface area contributed by atoms with Crippen LogP contribution < -0.4 is 15.4 Å². The van der Waals surface area contributed by atoms with Crippen LogP contribution in [-0.2, 0) is 9.59 Å². The highest BCUT2D eigenvalue weighted by molar-refractivity contribution is 5.90. The SMILES string of the molecule is COc1ccc([C@H](CC(=O)Nc2cccc(C)n2)NC(C)=O)cc1. The van der Waals surface area contributed by atoms with Crippen molar-refractivity contribution < 1.29 is 14.3 Å². The van der Waals surface area contributed by atoms with Crippen molar-refractivity contribution in [3.8, 4) is 5.75 Å². The van der Waals surface area contributed by atoms with Gasteiger partial charge in [0.1, 0.15) is 11.6 Å². The van der Waals surface area contributed by atoms with Crippen molar-refractivity contribution in [2.24, 2.45) is 0 Å². The van der Waals surface area contributed by atoms with E-state index < -0.39 is 6.04 Å². The lowest BCUT2D eigenvalue weighted by Gasteiger charge is -2.18. The summed E-state index contributed by atoms with van der Waals surface area (Å²) in [6.45, 7) is 3.28. The van der Waals surface area contributed by atoms with Crippen molar-refractivity contribution in [1.82, 2.24) is 10.3 Å². The van der Waals surface area contributed by atoms with E-state index in [1.807, 2.05) is 31.2 Å². The summed E-state index contributed by atoms with van der Waals surface area (Å²) in [5, 5.41) is 5.55. The first-order valence-electron chi connectivity index (χ1n) is 7.62. The molecule has 0 aliphatic heterocycles. The lowest BCUT2D eigenvalue weighted by molar-refractivity contribution is -0.120. The number of hydrogen-bond donors (Lipinski definition) is 2. The molecule has 2 aromatic rings. The molecule has 0 aliphatic carbocycles. The predicted molar refractivity (Wildman–Crippen MR) is 91.8 cm³/mol. The van der Waals surface area contributed by atoms with Gasteiger partial charge in [0.05, 0.1) is 19.6 Å². The van der Waals surface area contributed by atoms with Crippen molar-refractivity contribution in [2.75, 3.05) is 12.4 Å². The number of hydrogen-bond acceptors (Lipinski definition) is 4. The molecule has 2 rings (SSSR count). The van der Waals surface area contributed by atoms with Gasteiger partial charge in [-0.25, -0.2) is 4.98 Å². The van der Waals surface area contributed by atoms with Gasteiger partial charge in [0.15, 0.2) is 0 Å². The molecule has 6 heteroatoms. The Kier molecular flexibility index (Phi) is 5.89. The molecule has 1 aromatic carbocycles. The molecule has 0 bridgehead atoms. The minimum absolute atomic E-state index is 0.113. The van der Waals surface area contributed by atoms with Crippen LogP contribution in [0.15, 0.2) is 42.5 Å². The van der Waals surface area contributed by atoms with Crippen molar-refractivity contribution >= 4 is 17.6 Å². The standard InChI is InChI=1S/C18H21N3O3/c1-12-5-4-6-17(19-12)21-18(23)11-16(20-13(2)22)14-7-9-15(24-3)10-8-14/h4-10,16H,11H2,1-3H3,(H,20,22)(H,19,21,23)/t16-/m0/s1. The second-order valence-corrected chi connectivity index (χ2v) is 5.44. The summed E-state index contributed by atoms with van der Waals surface area (Å²) in [5.74, 6) is 0.796. The topological polar surface area (TPSA) is 80.3 Å². The van der Waals surface area contributed by atoms with E-state index in [0.717, 1.165) is 11.3 Å². The largest absolute Gasteiger partial charge is 0.497 e. The Morgan fingerprint density at radius 1 is 1.17 bits per heavy atom. The maximum absolute atomic E-state index is 12.3. The second-order valence-electron chi connectivity index (χ2n) is 5.44. The molecular weight excluding hydrogens is 306 g/mol. The molecule has 24 heavy (non-hydrogen) atoms. The summed E-state index contributed by atoms with van der Waals surface area (Å²) in [6.07, 6.45) is 0.113. The van der Waals surface area contributed by atoms with E-state index in [4.69, 9.17) is 4.74 Å². The highest BCUT2D eigenvalue weighted by Gasteiger charge is 2.17. The van der Waals surface area contributed by atoms with Gasteiger partial charge in [0, 0.05) is 12.6 Å². The van der Waals surface area contributed by atoms with E-state index in [1.54, 1.807) is 25.3 Å². The number of rotatable bonds is 6. The Balaban J connectivity index is 2.09. The number of benzene rings is 1. The fraction of sp³-hybridized carbons (Fsp3) is 0.278. The fourth-order valence-electron chi connectivity index (χ4n) is 2.33. The zero-order valence-electron chi connectivity index (χ0n) is 14.0. The number of nitrogens with zero attached hydrogens (tertiary/aromatic N) is 1. The number of methoxy groups -OCH3 is 1. The summed E-state index contributed by atoms with van der Waals surface area (Å²) >= 11 is 0. The van der Waals surface area contributed by atoms with Crippen LogP contribution in [0.2, 0.25) is 0 Å². The first-order chi connectivity index (χ1) is 11.5. The average molecular weight is 327 g/mol. The molecule has 1 heterocycles. The molecule has 0 unspecified atom stereocenters. The van der Waals surface area contributed by atoms with Crippen LogP contribution in [0.25, 0.3) is 0 Å². The lowest BCUT2D eigenvalue weighted by atomic mass is 10.0. The molecule has 0 saturated heterocycles. The summed E-state index contributed by atoms with van der Waals surface area (Å²) < 4.78 is 5.13. The number of amides is 2. The normalized spacial score (nSPS) is 11.5. The maximum atomic E-state index is 12.3. The Morgan fingerprint density at radius 3 is 2.46 bits per heavy atom. The van der Waals surface area contributed by atoms with Gasteiger partial charge in [-0.05, 0) is 36.8 Å². The van der Waals surface area contributed by atoms with Crippen molar-refractivity contribution in [3.63, 3.8) is 0 Å². The Hall–Kier alpha value is -2.89. The third-order valence-corrected chi connectivity index (χ3v) is 3.44. The van der Waals surface area contributed by atoms with Crippen molar-refractivity contribution in [3.05, 3.63) is 53.7 Å². The smallest absolute Gasteiger partial charge is 0.227 e. The van der Waals surface area contributed by atoms with Gasteiger partial charge in [-0.15, -0.1) is 0 Å². The zero-order valence-corrected chi connectivity index (χ0v) is 14.0. The number of carbonyl (C=O) groups is 2. The van der Waals surface area contributed by atoms with Crippen LogP contribution in [0.1, 0.15) is 30.6 Å². The van der Waals surface area contributed by atoms with Gasteiger partial charge < -0.3 is 15.4 Å². The van der Waals surface area contributed by atoms with E-state index in [1.165, 1.54) is 6.92 Å². The number of ether oxygens (including phenoxy) is 1. The van der Waals surface area contributed by atoms with Crippen LogP contribution in [-0.4, -0.2) is 23.9 Å². The van der Waals surface area contributed by atoms with E-state index in [2.05, 4.69) is 15.6 Å². The molecule has 1 aromatic heterocycles. The molecule has 2 N–H and O–H groups in total. The minimum atomic E-state index is -0.418. The fourth-order valence-corrected chi connectivity index (χ4v) is 2.33. The van der Waals surface area contributed by atoms with Gasteiger partial charge >= 0.3 is 0 Å². The minimum Gasteiger partial charge on any atom is -0.497 e. The number of carbonyl (C=O) groups excluding carboxylic acids is 2. The first-order valence-corrected chi connectivity index (χ1v) is 7.62. The summed E-state index contributed by atoms with van der Waals surface area (Å²) in [7, 11) is 1.59. The lowest BCUT2D eigenvalue weighted by Crippen LogP contribution is -2.29. The summed E-state index contributed by atoms with van der Waals surface area (Å²) in [6, 6.07) is 12.2. The van der Waals surface area contributed by atoms with Crippen molar-refractivity contribution in [1.29, 1.82) is 0 Å². The van der Waals surface area contributed by atoms with Crippen molar-refractivity contribution in [2.45, 2.75) is 26.3 Å². The quantitative estimate of drug-likeness (QED) is 0.854. The predicted octanol–water partition coefficient (Wildman–Crippen LogP) is 2.60. The summed E-state index contributed by atoms with van der Waals surface area (Å²) in [4.78, 5) is 28.0. The van der Waals surface area contributed by atoms with Crippen LogP contribution in [0.4, 0.5) is 5.82 Å². The molecule has 0 aliphatic rings. The monoisotopic (exact) mass is 327 g/mol. The average Bonchev–Trinajstić information content (AvgIpc) is 2.54. The molecule has 0 fully saturated rings. The molecule has 6 nitrogen and oxygen atoms in total. The van der Waals surface area contributed by atoms with Crippen LogP contribution >= 0.6 is 0 Å². The highest BCUT2D eigenvalue weighted by Crippen LogP contribution is 2.21. The van der Waals surface area contributed by atoms with E-state index in [-0.39, 0.29) is 18.2 Å². The number of aromatic nitrogens is 1.